The highest BCUT2D eigenvalue weighted by atomic mass is 35.5. The van der Waals surface area contributed by atoms with Crippen LogP contribution in [-0.2, 0) is 11.3 Å². The van der Waals surface area contributed by atoms with Crippen molar-refractivity contribution in [1.82, 2.24) is 10.6 Å². The van der Waals surface area contributed by atoms with Gasteiger partial charge in [0, 0.05) is 18.0 Å². The zero-order chi connectivity index (χ0) is 14.4. The summed E-state index contributed by atoms with van der Waals surface area (Å²) < 4.78 is 0. The summed E-state index contributed by atoms with van der Waals surface area (Å²) in [5.74, 6) is 1.26. The third kappa shape index (κ3) is 4.80. The van der Waals surface area contributed by atoms with Crippen LogP contribution in [0, 0.1) is 11.8 Å². The van der Waals surface area contributed by atoms with Gasteiger partial charge in [-0.05, 0) is 55.5 Å². The van der Waals surface area contributed by atoms with E-state index in [4.69, 9.17) is 11.6 Å². The maximum Gasteiger partial charge on any atom is 0.220 e. The summed E-state index contributed by atoms with van der Waals surface area (Å²) in [5.41, 5.74) is 1.04. The summed E-state index contributed by atoms with van der Waals surface area (Å²) in [6.07, 6.45) is 2.98. The molecule has 4 heteroatoms. The van der Waals surface area contributed by atoms with Crippen molar-refractivity contribution in [2.45, 2.75) is 32.7 Å². The summed E-state index contributed by atoms with van der Waals surface area (Å²) in [6, 6.07) is 7.61. The molecule has 0 aliphatic carbocycles. The van der Waals surface area contributed by atoms with Gasteiger partial charge < -0.3 is 10.6 Å². The van der Waals surface area contributed by atoms with Crippen molar-refractivity contribution in [2.75, 3.05) is 13.1 Å². The minimum atomic E-state index is 0.135. The van der Waals surface area contributed by atoms with Crippen LogP contribution >= 0.6 is 11.6 Å². The maximum absolute atomic E-state index is 12.0. The molecule has 2 rings (SSSR count). The fourth-order valence-corrected chi connectivity index (χ4v) is 3.01. The second-order valence-electron chi connectivity index (χ2n) is 5.68. The molecule has 1 aliphatic heterocycles. The van der Waals surface area contributed by atoms with Crippen molar-refractivity contribution in [3.8, 4) is 0 Å². The molecule has 0 spiro atoms. The number of rotatable bonds is 5. The van der Waals surface area contributed by atoms with Gasteiger partial charge in [-0.2, -0.15) is 0 Å². The Labute approximate surface area is 126 Å². The van der Waals surface area contributed by atoms with Crippen LogP contribution in [0.15, 0.2) is 24.3 Å². The number of benzene rings is 1. The van der Waals surface area contributed by atoms with Gasteiger partial charge in [0.1, 0.15) is 0 Å². The normalized spacial score (nSPS) is 17.7. The Kier molecular flexibility index (Phi) is 5.86. The highest BCUT2D eigenvalue weighted by Gasteiger charge is 2.21. The maximum atomic E-state index is 12.0. The molecule has 0 aromatic heterocycles. The quantitative estimate of drug-likeness (QED) is 0.876. The van der Waals surface area contributed by atoms with Gasteiger partial charge in [0.2, 0.25) is 5.91 Å². The lowest BCUT2D eigenvalue weighted by atomic mass is 9.84. The molecule has 0 bridgehead atoms. The first kappa shape index (κ1) is 15.3. The SMILES string of the molecule is CC(CC(=O)NCc1cccc(Cl)c1)C1CCNCC1. The minimum Gasteiger partial charge on any atom is -0.352 e. The van der Waals surface area contributed by atoms with E-state index < -0.39 is 0 Å². The fraction of sp³-hybridized carbons (Fsp3) is 0.562. The topological polar surface area (TPSA) is 41.1 Å². The Morgan fingerprint density at radius 3 is 2.90 bits per heavy atom. The second-order valence-corrected chi connectivity index (χ2v) is 6.11. The molecule has 1 fully saturated rings. The summed E-state index contributed by atoms with van der Waals surface area (Å²) in [4.78, 5) is 12.0. The third-order valence-electron chi connectivity index (χ3n) is 4.07. The van der Waals surface area contributed by atoms with E-state index in [1.54, 1.807) is 0 Å². The van der Waals surface area contributed by atoms with Crippen LogP contribution in [0.5, 0.6) is 0 Å². The van der Waals surface area contributed by atoms with Crippen LogP contribution in [0.4, 0.5) is 0 Å². The molecule has 1 atom stereocenters. The van der Waals surface area contributed by atoms with Gasteiger partial charge >= 0.3 is 0 Å². The fourth-order valence-electron chi connectivity index (χ4n) is 2.79. The molecule has 1 aromatic rings. The van der Waals surface area contributed by atoms with Gasteiger partial charge in [-0.25, -0.2) is 0 Å². The lowest BCUT2D eigenvalue weighted by Gasteiger charge is -2.27. The first-order valence-corrected chi connectivity index (χ1v) is 7.75. The average molecular weight is 295 g/mol. The third-order valence-corrected chi connectivity index (χ3v) is 4.31. The predicted octanol–water partition coefficient (Wildman–Crippen LogP) is 2.98. The zero-order valence-corrected chi connectivity index (χ0v) is 12.7. The molecular formula is C16H23ClN2O. The van der Waals surface area contributed by atoms with Crippen LogP contribution in [-0.4, -0.2) is 19.0 Å². The number of hydrogen-bond acceptors (Lipinski definition) is 2. The lowest BCUT2D eigenvalue weighted by Crippen LogP contribution is -2.33. The van der Waals surface area contributed by atoms with Gasteiger partial charge in [0.15, 0.2) is 0 Å². The average Bonchev–Trinajstić information content (AvgIpc) is 2.46. The molecular weight excluding hydrogens is 272 g/mol. The Morgan fingerprint density at radius 1 is 1.45 bits per heavy atom. The standard InChI is InChI=1S/C16H23ClN2O/c1-12(14-5-7-18-8-6-14)9-16(20)19-11-13-3-2-4-15(17)10-13/h2-4,10,12,14,18H,5-9,11H2,1H3,(H,19,20). The smallest absolute Gasteiger partial charge is 0.220 e. The van der Waals surface area contributed by atoms with E-state index in [9.17, 15) is 4.79 Å². The van der Waals surface area contributed by atoms with E-state index in [-0.39, 0.29) is 5.91 Å². The van der Waals surface area contributed by atoms with Crippen molar-refractivity contribution in [3.05, 3.63) is 34.9 Å². The molecule has 1 amide bonds. The van der Waals surface area contributed by atoms with E-state index in [2.05, 4.69) is 17.6 Å². The van der Waals surface area contributed by atoms with Crippen molar-refractivity contribution in [2.24, 2.45) is 11.8 Å². The molecule has 1 heterocycles. The first-order chi connectivity index (χ1) is 9.65. The van der Waals surface area contributed by atoms with Crippen molar-refractivity contribution < 1.29 is 4.79 Å². The van der Waals surface area contributed by atoms with Crippen molar-refractivity contribution in [3.63, 3.8) is 0 Å². The van der Waals surface area contributed by atoms with Crippen LogP contribution in [0.3, 0.4) is 0 Å². The molecule has 0 saturated carbocycles. The summed E-state index contributed by atoms with van der Waals surface area (Å²) in [5, 5.41) is 7.05. The summed E-state index contributed by atoms with van der Waals surface area (Å²) >= 11 is 5.93. The number of hydrogen-bond donors (Lipinski definition) is 2. The number of carbonyl (C=O) groups is 1. The molecule has 0 radical (unpaired) electrons. The molecule has 1 unspecified atom stereocenters. The summed E-state index contributed by atoms with van der Waals surface area (Å²) in [7, 11) is 0. The minimum absolute atomic E-state index is 0.135. The van der Waals surface area contributed by atoms with Gasteiger partial charge in [0.25, 0.3) is 0 Å². The van der Waals surface area contributed by atoms with E-state index in [1.165, 1.54) is 12.8 Å². The predicted molar refractivity (Wildman–Crippen MR) is 82.7 cm³/mol. The van der Waals surface area contributed by atoms with E-state index in [0.29, 0.717) is 29.8 Å². The Bertz CT molecular complexity index is 444. The van der Waals surface area contributed by atoms with E-state index >= 15 is 0 Å². The lowest BCUT2D eigenvalue weighted by molar-refractivity contribution is -0.122. The Morgan fingerprint density at radius 2 is 2.20 bits per heavy atom. The van der Waals surface area contributed by atoms with Gasteiger partial charge in [-0.1, -0.05) is 30.7 Å². The highest BCUT2D eigenvalue weighted by Crippen LogP contribution is 2.24. The largest absolute Gasteiger partial charge is 0.352 e. The Hall–Kier alpha value is -1.06. The van der Waals surface area contributed by atoms with Gasteiger partial charge in [-0.15, -0.1) is 0 Å². The molecule has 3 nitrogen and oxygen atoms in total. The number of carbonyl (C=O) groups excluding carboxylic acids is 1. The zero-order valence-electron chi connectivity index (χ0n) is 12.0. The first-order valence-electron chi connectivity index (χ1n) is 7.37. The second kappa shape index (κ2) is 7.65. The molecule has 1 aromatic carbocycles. The number of piperidine rings is 1. The van der Waals surface area contributed by atoms with Crippen molar-refractivity contribution in [1.29, 1.82) is 0 Å². The molecule has 110 valence electrons. The van der Waals surface area contributed by atoms with Crippen LogP contribution in [0.1, 0.15) is 31.7 Å². The highest BCUT2D eigenvalue weighted by molar-refractivity contribution is 6.30. The van der Waals surface area contributed by atoms with Crippen molar-refractivity contribution >= 4 is 17.5 Å². The number of amides is 1. The monoisotopic (exact) mass is 294 g/mol. The van der Waals surface area contributed by atoms with E-state index in [0.717, 1.165) is 18.7 Å². The number of nitrogens with one attached hydrogen (secondary N) is 2. The van der Waals surface area contributed by atoms with Gasteiger partial charge in [0.05, 0.1) is 0 Å². The van der Waals surface area contributed by atoms with E-state index in [1.807, 2.05) is 24.3 Å². The summed E-state index contributed by atoms with van der Waals surface area (Å²) in [6.45, 7) is 4.91. The Balaban J connectivity index is 1.74. The molecule has 20 heavy (non-hydrogen) atoms. The van der Waals surface area contributed by atoms with Crippen LogP contribution < -0.4 is 10.6 Å². The number of halogens is 1. The van der Waals surface area contributed by atoms with Crippen LogP contribution in [0.2, 0.25) is 5.02 Å². The van der Waals surface area contributed by atoms with Gasteiger partial charge in [-0.3, -0.25) is 4.79 Å². The molecule has 1 saturated heterocycles. The molecule has 1 aliphatic rings. The van der Waals surface area contributed by atoms with Crippen LogP contribution in [0.25, 0.3) is 0 Å². The molecule has 2 N–H and O–H groups in total.